The van der Waals surface area contributed by atoms with Crippen molar-refractivity contribution in [3.8, 4) is 0 Å². The summed E-state index contributed by atoms with van der Waals surface area (Å²) in [7, 11) is 0. The summed E-state index contributed by atoms with van der Waals surface area (Å²) in [6.07, 6.45) is 0. The average molecular weight is 371 g/mol. The van der Waals surface area contributed by atoms with Gasteiger partial charge in [0.2, 0.25) is 0 Å². The number of hydrogen-bond donors (Lipinski definition) is 3. The van der Waals surface area contributed by atoms with Gasteiger partial charge in [-0.15, -0.1) is 0 Å². The first-order valence-electron chi connectivity index (χ1n) is 1.96. The van der Waals surface area contributed by atoms with E-state index in [1.165, 1.54) is 0 Å². The van der Waals surface area contributed by atoms with Crippen molar-refractivity contribution >= 4 is 29.7 Å². The summed E-state index contributed by atoms with van der Waals surface area (Å²) in [5.74, 6) is 0. The van der Waals surface area contributed by atoms with E-state index in [1.54, 1.807) is 0 Å². The molecule has 0 unspecified atom stereocenters. The van der Waals surface area contributed by atoms with Crippen LogP contribution in [0.25, 0.3) is 0 Å². The molecule has 0 fully saturated rings. The van der Waals surface area contributed by atoms with E-state index in [0.717, 1.165) is 55.6 Å². The summed E-state index contributed by atoms with van der Waals surface area (Å²) >= 11 is 9.91. The second kappa shape index (κ2) is 23.0. The van der Waals surface area contributed by atoms with Gasteiger partial charge in [-0.2, -0.15) is 11.8 Å². The molecule has 0 saturated heterocycles. The minimum atomic E-state index is -3.72. The molecule has 0 rings (SSSR count). The van der Waals surface area contributed by atoms with Crippen molar-refractivity contribution in [1.82, 2.24) is 0 Å². The fraction of sp³-hybridized carbons (Fsp3) is 0. The van der Waals surface area contributed by atoms with E-state index in [9.17, 15) is 9.79 Å². The molecule has 0 spiro atoms. The van der Waals surface area contributed by atoms with Gasteiger partial charge in [0.05, 0.1) is 0 Å². The summed E-state index contributed by atoms with van der Waals surface area (Å²) in [6.45, 7) is 0. The van der Waals surface area contributed by atoms with Gasteiger partial charge in [-0.05, 0) is 0 Å². The first kappa shape index (κ1) is 23.5. The molecule has 11 heavy (non-hydrogen) atoms. The Hall–Kier alpha value is 2.67. The fourth-order valence-electron chi connectivity index (χ4n) is 0. The van der Waals surface area contributed by atoms with E-state index in [4.69, 9.17) is 0 Å². The van der Waals surface area contributed by atoms with Crippen molar-refractivity contribution in [2.24, 2.45) is 13.4 Å². The molecule has 0 aromatic heterocycles. The summed E-state index contributed by atoms with van der Waals surface area (Å²) in [6, 6.07) is 0. The van der Waals surface area contributed by atoms with Gasteiger partial charge in [-0.1, -0.05) is 0 Å². The minimum Gasteiger partial charge on any atom is -0.850 e. The minimum absolute atomic E-state index is 0.875. The average Bonchev–Trinajstić information content (AvgIpc) is 1.96. The first-order valence-corrected chi connectivity index (χ1v) is 10.7. The zero-order valence-corrected chi connectivity index (χ0v) is 17.4. The summed E-state index contributed by atoms with van der Waals surface area (Å²) in [5, 5.41) is 0. The molecule has 5 nitrogen and oxygen atoms in total. The van der Waals surface area contributed by atoms with Crippen molar-refractivity contribution in [1.29, 1.82) is 0 Å². The fourth-order valence-corrected chi connectivity index (χ4v) is 0. The van der Waals surface area contributed by atoms with Gasteiger partial charge >= 0.3 is 69.1 Å². The van der Waals surface area contributed by atoms with Crippen molar-refractivity contribution in [3.63, 3.8) is 0 Å². The Labute approximate surface area is 107 Å². The molecule has 0 aliphatic heterocycles. The Balaban J connectivity index is -0.0000000350. The van der Waals surface area contributed by atoms with E-state index in [0.29, 0.717) is 0 Å². The molecule has 11 heteroatoms. The molecule has 56 valence electrons. The molecular formula is H6N3O2PS2Zn3. The summed E-state index contributed by atoms with van der Waals surface area (Å²) in [4.78, 5) is 18.6. The Bertz CT molecular complexity index is 70.7. The molecule has 0 heterocycles. The Morgan fingerprint density at radius 2 is 1.00 bits per heavy atom. The molecule has 0 aliphatic rings. The molecule has 0 atom stereocenters. The maximum Gasteiger partial charge on any atom is -0.160 e. The van der Waals surface area contributed by atoms with Gasteiger partial charge in [0.1, 0.15) is 0 Å². The van der Waals surface area contributed by atoms with Gasteiger partial charge in [-0.3, -0.25) is 0 Å². The third kappa shape index (κ3) is 202. The van der Waals surface area contributed by atoms with E-state index >= 15 is 0 Å². The van der Waals surface area contributed by atoms with Gasteiger partial charge in [0.25, 0.3) is 0 Å². The molecule has 0 aliphatic carbocycles. The molecule has 0 aromatic rings. The molecular weight excluding hydrogens is 365 g/mol. The van der Waals surface area contributed by atoms with Gasteiger partial charge < -0.3 is 27.7 Å². The molecule has 0 aromatic carbocycles. The second-order valence-electron chi connectivity index (χ2n) is 0.447. The topological polar surface area (TPSA) is 124 Å². The van der Waals surface area contributed by atoms with Crippen LogP contribution in [-0.4, -0.2) is 0 Å². The number of nitrogens with two attached hydrogens (primary N) is 3. The van der Waals surface area contributed by atoms with Crippen LogP contribution >= 0.6 is 5.69 Å². The molecule has 6 N–H and O–H groups in total. The number of rotatable bonds is 0. The standard InChI is InChI=1S/3H2N.H3O2PS2.3Zn/c;;;1-3(2,4)5;;;/h3*1H2;(H3,1,2,4,5);;;/q3*-1;;3*+2/p-3. The van der Waals surface area contributed by atoms with Crippen LogP contribution in [0, 0.1) is 0 Å². The van der Waals surface area contributed by atoms with Crippen LogP contribution in [0.5, 0.6) is 0 Å². The molecule has 0 radical (unpaired) electrons. The normalized spacial score (nSPS) is 7.27. The molecule has 0 amide bonds. The van der Waals surface area contributed by atoms with Crippen LogP contribution in [0.3, 0.4) is 0 Å². The van der Waals surface area contributed by atoms with E-state index in [-0.39, 0.29) is 0 Å². The molecule has 0 saturated carbocycles. The Morgan fingerprint density at radius 3 is 1.00 bits per heavy atom. The zero-order valence-electron chi connectivity index (χ0n) is 5.93. The Morgan fingerprint density at radius 1 is 1.00 bits per heavy atom. The van der Waals surface area contributed by atoms with Crippen molar-refractivity contribution in [3.05, 3.63) is 0 Å². The summed E-state index contributed by atoms with van der Waals surface area (Å²) < 4.78 is 13.9. The largest absolute Gasteiger partial charge is 0.850 e. The maximum atomic E-state index is 9.29. The van der Waals surface area contributed by atoms with Crippen LogP contribution in [-0.2, 0) is 79.7 Å². The predicted molar refractivity (Wildman–Crippen MR) is 34.2 cm³/mol. The van der Waals surface area contributed by atoms with Gasteiger partial charge in [0.15, 0.2) is 0 Å². The number of hydrogen-bond acceptors (Lipinski definition) is 7. The van der Waals surface area contributed by atoms with Crippen molar-refractivity contribution in [2.75, 3.05) is 0 Å². The van der Waals surface area contributed by atoms with E-state index in [1.807, 2.05) is 0 Å². The third-order valence-electron chi connectivity index (χ3n) is 0. The maximum absolute atomic E-state index is 9.29. The summed E-state index contributed by atoms with van der Waals surface area (Å²) in [5.41, 5.74) is -3.72. The zero-order chi connectivity index (χ0) is 10.5. The van der Waals surface area contributed by atoms with Crippen molar-refractivity contribution < 1.29 is 65.4 Å². The van der Waals surface area contributed by atoms with Crippen LogP contribution in [0.2, 0.25) is 0 Å². The smallest absolute Gasteiger partial charge is 0.160 e. The third-order valence-corrected chi connectivity index (χ3v) is 0. The van der Waals surface area contributed by atoms with Crippen LogP contribution in [0.1, 0.15) is 0 Å². The second-order valence-corrected chi connectivity index (χ2v) is 4.92. The van der Waals surface area contributed by atoms with Crippen LogP contribution < -0.4 is 23.2 Å². The SMILES string of the molecule is [NH2][Zn+].[NH2][Zn+].[NH2][Zn+].[O-]P([O-])(=S)[S-]. The van der Waals surface area contributed by atoms with Crippen LogP contribution in [0.4, 0.5) is 0 Å². The van der Waals surface area contributed by atoms with Crippen molar-refractivity contribution in [2.45, 2.75) is 0 Å². The monoisotopic (exact) mass is 367 g/mol. The van der Waals surface area contributed by atoms with Gasteiger partial charge in [0, 0.05) is 0 Å². The molecule has 0 bridgehead atoms. The quantitative estimate of drug-likeness (QED) is 0.231. The van der Waals surface area contributed by atoms with Gasteiger partial charge in [-0.25, -0.2) is 0 Å². The predicted octanol–water partition coefficient (Wildman–Crippen LogP) is -3.30. The van der Waals surface area contributed by atoms with E-state index < -0.39 is 5.69 Å². The Kier molecular flexibility index (Phi) is 49.0. The first-order chi connectivity index (χ1) is 5.00. The van der Waals surface area contributed by atoms with E-state index in [2.05, 4.69) is 37.5 Å². The van der Waals surface area contributed by atoms with Crippen LogP contribution in [0.15, 0.2) is 0 Å².